The molecule has 0 aliphatic heterocycles. The highest BCUT2D eigenvalue weighted by Crippen LogP contribution is 2.27. The Kier molecular flexibility index (Phi) is 5.42. The fourth-order valence-electron chi connectivity index (χ4n) is 2.62. The fraction of sp³-hybridized carbons (Fsp3) is 0.625. The number of rotatable bonds is 8. The average Bonchev–Trinajstić information content (AvgIpc) is 3.03. The Labute approximate surface area is 127 Å². The zero-order valence-electron chi connectivity index (χ0n) is 13.5. The first-order valence-corrected chi connectivity index (χ1v) is 8.08. The van der Waals surface area contributed by atoms with Crippen molar-refractivity contribution in [2.75, 3.05) is 5.73 Å². The van der Waals surface area contributed by atoms with Gasteiger partial charge in [0.2, 0.25) is 0 Å². The lowest BCUT2D eigenvalue weighted by Crippen LogP contribution is -2.07. The summed E-state index contributed by atoms with van der Waals surface area (Å²) in [5.74, 6) is 1.88. The second kappa shape index (κ2) is 7.29. The van der Waals surface area contributed by atoms with Crippen LogP contribution in [0.2, 0.25) is 0 Å². The molecule has 116 valence electrons. The third kappa shape index (κ3) is 3.28. The molecule has 5 heteroatoms. The van der Waals surface area contributed by atoms with E-state index in [1.165, 1.54) is 0 Å². The van der Waals surface area contributed by atoms with Crippen LogP contribution in [0.25, 0.3) is 11.4 Å². The summed E-state index contributed by atoms with van der Waals surface area (Å²) >= 11 is 0. The molecule has 2 aromatic heterocycles. The van der Waals surface area contributed by atoms with Crippen molar-refractivity contribution in [3.63, 3.8) is 0 Å². The highest BCUT2D eigenvalue weighted by Gasteiger charge is 2.18. The van der Waals surface area contributed by atoms with Gasteiger partial charge in [-0.1, -0.05) is 27.2 Å². The minimum absolute atomic E-state index is 0.782. The molecule has 0 radical (unpaired) electrons. The summed E-state index contributed by atoms with van der Waals surface area (Å²) in [5.41, 5.74) is 8.31. The van der Waals surface area contributed by atoms with Crippen molar-refractivity contribution in [2.45, 2.75) is 66.0 Å². The number of nitrogens with zero attached hydrogens (tertiary/aromatic N) is 4. The molecule has 0 amide bonds. The van der Waals surface area contributed by atoms with Crippen LogP contribution in [0.3, 0.4) is 0 Å². The summed E-state index contributed by atoms with van der Waals surface area (Å²) in [6.07, 6.45) is 9.14. The van der Waals surface area contributed by atoms with Crippen LogP contribution >= 0.6 is 0 Å². The van der Waals surface area contributed by atoms with Crippen molar-refractivity contribution >= 4 is 5.82 Å². The lowest BCUT2D eigenvalue weighted by atomic mass is 10.3. The standard InChI is InChI=1S/C16H27N5/c1-4-7-10-21-14(8-5-2)19-15(16(21)17)13-11-18-12-20(13)9-6-3/h11-12H,4-10,17H2,1-3H3. The van der Waals surface area contributed by atoms with Gasteiger partial charge >= 0.3 is 0 Å². The minimum atomic E-state index is 0.782. The topological polar surface area (TPSA) is 61.7 Å². The van der Waals surface area contributed by atoms with Gasteiger partial charge in [0.05, 0.1) is 18.2 Å². The predicted octanol–water partition coefficient (Wildman–Crippen LogP) is 3.49. The molecule has 0 aliphatic rings. The molecule has 0 fully saturated rings. The number of aryl methyl sites for hydroxylation is 2. The van der Waals surface area contributed by atoms with Gasteiger partial charge in [-0.05, 0) is 19.3 Å². The Bertz CT molecular complexity index is 567. The van der Waals surface area contributed by atoms with E-state index in [1.807, 2.05) is 12.5 Å². The zero-order chi connectivity index (χ0) is 15.2. The second-order valence-corrected chi connectivity index (χ2v) is 5.49. The molecular weight excluding hydrogens is 262 g/mol. The molecule has 0 spiro atoms. The van der Waals surface area contributed by atoms with E-state index in [-0.39, 0.29) is 0 Å². The Hall–Kier alpha value is -1.78. The van der Waals surface area contributed by atoms with Crippen molar-refractivity contribution < 1.29 is 0 Å². The number of aromatic nitrogens is 4. The molecule has 5 nitrogen and oxygen atoms in total. The third-order valence-electron chi connectivity index (χ3n) is 3.71. The number of nitrogens with two attached hydrogens (primary N) is 1. The lowest BCUT2D eigenvalue weighted by Gasteiger charge is -2.09. The van der Waals surface area contributed by atoms with Crippen molar-refractivity contribution in [3.05, 3.63) is 18.3 Å². The smallest absolute Gasteiger partial charge is 0.133 e. The monoisotopic (exact) mass is 289 g/mol. The molecule has 0 bridgehead atoms. The fourth-order valence-corrected chi connectivity index (χ4v) is 2.62. The van der Waals surface area contributed by atoms with E-state index < -0.39 is 0 Å². The number of hydrogen-bond donors (Lipinski definition) is 1. The van der Waals surface area contributed by atoms with Gasteiger partial charge < -0.3 is 14.9 Å². The van der Waals surface area contributed by atoms with Crippen LogP contribution in [0.4, 0.5) is 5.82 Å². The van der Waals surface area contributed by atoms with Crippen molar-refractivity contribution in [1.29, 1.82) is 0 Å². The molecule has 0 unspecified atom stereocenters. The summed E-state index contributed by atoms with van der Waals surface area (Å²) in [6, 6.07) is 0. The summed E-state index contributed by atoms with van der Waals surface area (Å²) in [6.45, 7) is 8.43. The third-order valence-corrected chi connectivity index (χ3v) is 3.71. The molecule has 0 aromatic carbocycles. The quantitative estimate of drug-likeness (QED) is 0.809. The van der Waals surface area contributed by atoms with Crippen molar-refractivity contribution in [3.8, 4) is 11.4 Å². The lowest BCUT2D eigenvalue weighted by molar-refractivity contribution is 0.604. The van der Waals surface area contributed by atoms with Crippen LogP contribution in [-0.2, 0) is 19.5 Å². The summed E-state index contributed by atoms with van der Waals surface area (Å²) in [4.78, 5) is 9.08. The van der Waals surface area contributed by atoms with E-state index in [0.717, 1.165) is 68.2 Å². The maximum absolute atomic E-state index is 6.39. The van der Waals surface area contributed by atoms with Crippen LogP contribution in [0, 0.1) is 0 Å². The number of unbranched alkanes of at least 4 members (excludes halogenated alkanes) is 1. The maximum atomic E-state index is 6.39. The molecule has 2 aromatic rings. The summed E-state index contributed by atoms with van der Waals surface area (Å²) in [5, 5.41) is 0. The van der Waals surface area contributed by atoms with Gasteiger partial charge in [-0.2, -0.15) is 0 Å². The van der Waals surface area contributed by atoms with Gasteiger partial charge in [0.25, 0.3) is 0 Å². The molecule has 2 rings (SSSR count). The van der Waals surface area contributed by atoms with E-state index in [2.05, 4.69) is 34.9 Å². The molecule has 0 saturated carbocycles. The molecule has 0 aliphatic carbocycles. The summed E-state index contributed by atoms with van der Waals surface area (Å²) in [7, 11) is 0. The second-order valence-electron chi connectivity index (χ2n) is 5.49. The maximum Gasteiger partial charge on any atom is 0.133 e. The van der Waals surface area contributed by atoms with Gasteiger partial charge in [0, 0.05) is 19.5 Å². The Morgan fingerprint density at radius 3 is 2.57 bits per heavy atom. The van der Waals surface area contributed by atoms with Crippen LogP contribution < -0.4 is 5.73 Å². The van der Waals surface area contributed by atoms with E-state index >= 15 is 0 Å². The van der Waals surface area contributed by atoms with Crippen LogP contribution in [0.15, 0.2) is 12.5 Å². The SMILES string of the molecule is CCCCn1c(CCC)nc(-c2cncn2CCC)c1N. The first kappa shape index (κ1) is 15.6. The minimum Gasteiger partial charge on any atom is -0.383 e. The highest BCUT2D eigenvalue weighted by molar-refractivity contribution is 5.68. The van der Waals surface area contributed by atoms with E-state index in [4.69, 9.17) is 10.7 Å². The first-order valence-electron chi connectivity index (χ1n) is 8.08. The van der Waals surface area contributed by atoms with Gasteiger partial charge in [0.15, 0.2) is 0 Å². The van der Waals surface area contributed by atoms with Crippen molar-refractivity contribution in [2.24, 2.45) is 0 Å². The van der Waals surface area contributed by atoms with Crippen LogP contribution in [-0.4, -0.2) is 19.1 Å². The normalized spacial score (nSPS) is 11.2. The van der Waals surface area contributed by atoms with Crippen LogP contribution in [0.1, 0.15) is 52.3 Å². The number of hydrogen-bond acceptors (Lipinski definition) is 3. The molecule has 2 N–H and O–H groups in total. The Balaban J connectivity index is 2.41. The molecule has 0 saturated heterocycles. The zero-order valence-corrected chi connectivity index (χ0v) is 13.5. The Morgan fingerprint density at radius 1 is 1.10 bits per heavy atom. The number of nitrogen functional groups attached to an aromatic ring is 1. The van der Waals surface area contributed by atoms with Crippen molar-refractivity contribution in [1.82, 2.24) is 19.1 Å². The molecule has 2 heterocycles. The van der Waals surface area contributed by atoms with E-state index in [0.29, 0.717) is 0 Å². The molecule has 0 atom stereocenters. The van der Waals surface area contributed by atoms with E-state index in [9.17, 15) is 0 Å². The average molecular weight is 289 g/mol. The number of imidazole rings is 2. The van der Waals surface area contributed by atoms with Gasteiger partial charge in [-0.25, -0.2) is 9.97 Å². The van der Waals surface area contributed by atoms with Gasteiger partial charge in [-0.3, -0.25) is 0 Å². The van der Waals surface area contributed by atoms with Gasteiger partial charge in [-0.15, -0.1) is 0 Å². The predicted molar refractivity (Wildman–Crippen MR) is 87.1 cm³/mol. The van der Waals surface area contributed by atoms with Gasteiger partial charge in [0.1, 0.15) is 17.3 Å². The van der Waals surface area contributed by atoms with Crippen LogP contribution in [0.5, 0.6) is 0 Å². The molecular formula is C16H27N5. The summed E-state index contributed by atoms with van der Waals surface area (Å²) < 4.78 is 4.32. The largest absolute Gasteiger partial charge is 0.383 e. The van der Waals surface area contributed by atoms with E-state index in [1.54, 1.807) is 0 Å². The Morgan fingerprint density at radius 2 is 1.90 bits per heavy atom. The number of anilines is 1. The highest BCUT2D eigenvalue weighted by atomic mass is 15.2. The molecule has 21 heavy (non-hydrogen) atoms. The first-order chi connectivity index (χ1) is 10.2.